The van der Waals surface area contributed by atoms with E-state index in [9.17, 15) is 14.5 Å². The van der Waals surface area contributed by atoms with E-state index in [0.717, 1.165) is 18.9 Å². The number of nitrogens with two attached hydrogens (primary N) is 1. The molecule has 0 amide bonds. The van der Waals surface area contributed by atoms with E-state index >= 15 is 0 Å². The van der Waals surface area contributed by atoms with Gasteiger partial charge in [-0.15, -0.1) is 0 Å². The van der Waals surface area contributed by atoms with Gasteiger partial charge in [-0.3, -0.25) is 10.1 Å². The van der Waals surface area contributed by atoms with Crippen molar-refractivity contribution in [1.29, 1.82) is 0 Å². The average molecular weight is 240 g/mol. The van der Waals surface area contributed by atoms with Crippen LogP contribution in [0.1, 0.15) is 18.4 Å². The Labute approximate surface area is 97.5 Å². The van der Waals surface area contributed by atoms with Gasteiger partial charge in [0.1, 0.15) is 0 Å². The number of rotatable bonds is 4. The Hall–Kier alpha value is -1.69. The minimum absolute atomic E-state index is 0.0681. The van der Waals surface area contributed by atoms with Crippen LogP contribution in [0.3, 0.4) is 0 Å². The zero-order valence-corrected chi connectivity index (χ0v) is 9.40. The average Bonchev–Trinajstić information content (AvgIpc) is 3.08. The van der Waals surface area contributed by atoms with Crippen LogP contribution in [0.5, 0.6) is 5.75 Å². The number of benzene rings is 1. The van der Waals surface area contributed by atoms with Gasteiger partial charge in [0.05, 0.1) is 18.1 Å². The summed E-state index contributed by atoms with van der Waals surface area (Å²) < 4.78 is 18.7. The van der Waals surface area contributed by atoms with Gasteiger partial charge in [-0.2, -0.15) is 0 Å². The number of hydrogen-bond acceptors (Lipinski definition) is 4. The Morgan fingerprint density at radius 2 is 2.24 bits per heavy atom. The summed E-state index contributed by atoms with van der Waals surface area (Å²) in [7, 11) is 1.35. The summed E-state index contributed by atoms with van der Waals surface area (Å²) in [5, 5.41) is 10.7. The third-order valence-corrected chi connectivity index (χ3v) is 3.26. The van der Waals surface area contributed by atoms with Gasteiger partial charge in [-0.1, -0.05) is 0 Å². The van der Waals surface area contributed by atoms with Crippen LogP contribution in [-0.4, -0.2) is 18.6 Å². The summed E-state index contributed by atoms with van der Waals surface area (Å²) in [6.45, 7) is 0.337. The first-order chi connectivity index (χ1) is 8.04. The number of hydrogen-bond donors (Lipinski definition) is 1. The minimum Gasteiger partial charge on any atom is -0.493 e. The standard InChI is InChI=1S/C11H13FN2O3/c1-17-10-8(11(6-13)2-3-11)4-7(14(15)16)5-9(10)12/h4-5H,2-3,6,13H2,1H3. The summed E-state index contributed by atoms with van der Waals surface area (Å²) in [5.74, 6) is -0.644. The van der Waals surface area contributed by atoms with E-state index in [0.29, 0.717) is 12.1 Å². The predicted octanol–water partition coefficient (Wildman–Crippen LogP) is 1.73. The van der Waals surface area contributed by atoms with Gasteiger partial charge < -0.3 is 10.5 Å². The highest BCUT2D eigenvalue weighted by Crippen LogP contribution is 2.51. The van der Waals surface area contributed by atoms with Gasteiger partial charge in [0.2, 0.25) is 0 Å². The van der Waals surface area contributed by atoms with Crippen molar-refractivity contribution in [2.45, 2.75) is 18.3 Å². The number of methoxy groups -OCH3 is 1. The Balaban J connectivity index is 2.58. The molecule has 1 saturated carbocycles. The van der Waals surface area contributed by atoms with Gasteiger partial charge in [0.25, 0.3) is 5.69 Å². The van der Waals surface area contributed by atoms with Gasteiger partial charge in [0.15, 0.2) is 11.6 Å². The maximum absolute atomic E-state index is 13.7. The molecule has 2 rings (SSSR count). The number of nitro groups is 1. The molecule has 1 fully saturated rings. The second-order valence-corrected chi connectivity index (χ2v) is 4.25. The molecule has 92 valence electrons. The van der Waals surface area contributed by atoms with Crippen molar-refractivity contribution >= 4 is 5.69 Å². The minimum atomic E-state index is -0.712. The van der Waals surface area contributed by atoms with Crippen molar-refractivity contribution in [2.24, 2.45) is 5.73 Å². The van der Waals surface area contributed by atoms with E-state index in [1.807, 2.05) is 0 Å². The largest absolute Gasteiger partial charge is 0.493 e. The molecule has 2 N–H and O–H groups in total. The number of nitro benzene ring substituents is 1. The fourth-order valence-electron chi connectivity index (χ4n) is 2.02. The molecule has 0 atom stereocenters. The molecule has 5 nitrogen and oxygen atoms in total. The molecule has 6 heteroatoms. The highest BCUT2D eigenvalue weighted by atomic mass is 19.1. The Morgan fingerprint density at radius 1 is 1.59 bits per heavy atom. The second kappa shape index (κ2) is 3.96. The normalized spacial score (nSPS) is 16.6. The van der Waals surface area contributed by atoms with Crippen LogP contribution < -0.4 is 10.5 Å². The third kappa shape index (κ3) is 1.84. The third-order valence-electron chi connectivity index (χ3n) is 3.26. The first-order valence-electron chi connectivity index (χ1n) is 5.26. The number of nitrogens with zero attached hydrogens (tertiary/aromatic N) is 1. The van der Waals surface area contributed by atoms with Gasteiger partial charge in [0, 0.05) is 23.6 Å². The fourth-order valence-corrected chi connectivity index (χ4v) is 2.02. The van der Waals surface area contributed by atoms with Crippen LogP contribution in [0, 0.1) is 15.9 Å². The monoisotopic (exact) mass is 240 g/mol. The SMILES string of the molecule is COc1c(F)cc([N+](=O)[O-])cc1C1(CN)CC1. The summed E-state index contributed by atoms with van der Waals surface area (Å²) in [6, 6.07) is 2.23. The molecule has 0 spiro atoms. The van der Waals surface area contributed by atoms with Gasteiger partial charge in [-0.25, -0.2) is 4.39 Å². The van der Waals surface area contributed by atoms with Crippen LogP contribution in [0.2, 0.25) is 0 Å². The summed E-state index contributed by atoms with van der Waals surface area (Å²) in [5.41, 5.74) is 5.55. The molecule has 0 aromatic heterocycles. The van der Waals surface area contributed by atoms with Crippen LogP contribution in [0.15, 0.2) is 12.1 Å². The molecule has 1 aliphatic rings. The predicted molar refractivity (Wildman–Crippen MR) is 59.6 cm³/mol. The highest BCUT2D eigenvalue weighted by Gasteiger charge is 2.46. The second-order valence-electron chi connectivity index (χ2n) is 4.25. The molecular formula is C11H13FN2O3. The number of halogens is 1. The summed E-state index contributed by atoms with van der Waals surface area (Å²) in [6.07, 6.45) is 1.61. The topological polar surface area (TPSA) is 78.4 Å². The first-order valence-corrected chi connectivity index (χ1v) is 5.26. The molecular weight excluding hydrogens is 227 g/mol. The molecule has 0 bridgehead atoms. The molecule has 0 aliphatic heterocycles. The highest BCUT2D eigenvalue weighted by molar-refractivity contribution is 5.51. The Bertz CT molecular complexity index is 472. The van der Waals surface area contributed by atoms with Gasteiger partial charge in [-0.05, 0) is 12.8 Å². The van der Waals surface area contributed by atoms with Crippen molar-refractivity contribution in [2.75, 3.05) is 13.7 Å². The smallest absolute Gasteiger partial charge is 0.272 e. The molecule has 1 aromatic rings. The van der Waals surface area contributed by atoms with Crippen molar-refractivity contribution in [3.8, 4) is 5.75 Å². The van der Waals surface area contributed by atoms with E-state index in [-0.39, 0.29) is 16.9 Å². The zero-order chi connectivity index (χ0) is 12.6. The maximum Gasteiger partial charge on any atom is 0.272 e. The lowest BCUT2D eigenvalue weighted by Crippen LogP contribution is -2.21. The van der Waals surface area contributed by atoms with Gasteiger partial charge >= 0.3 is 0 Å². The molecule has 0 unspecified atom stereocenters. The van der Waals surface area contributed by atoms with E-state index in [1.165, 1.54) is 13.2 Å². The van der Waals surface area contributed by atoms with E-state index in [2.05, 4.69) is 0 Å². The molecule has 1 aromatic carbocycles. The van der Waals surface area contributed by atoms with Crippen LogP contribution >= 0.6 is 0 Å². The van der Waals surface area contributed by atoms with Crippen molar-refractivity contribution in [3.05, 3.63) is 33.6 Å². The molecule has 0 heterocycles. The quantitative estimate of drug-likeness (QED) is 0.642. The number of non-ortho nitro benzene ring substituents is 1. The Morgan fingerprint density at radius 3 is 2.65 bits per heavy atom. The van der Waals surface area contributed by atoms with Crippen molar-refractivity contribution in [1.82, 2.24) is 0 Å². The van der Waals surface area contributed by atoms with Crippen LogP contribution in [0.4, 0.5) is 10.1 Å². The first kappa shape index (κ1) is 11.8. The van der Waals surface area contributed by atoms with E-state index in [4.69, 9.17) is 10.5 Å². The zero-order valence-electron chi connectivity index (χ0n) is 9.40. The van der Waals surface area contributed by atoms with Crippen LogP contribution in [0.25, 0.3) is 0 Å². The molecule has 1 aliphatic carbocycles. The van der Waals surface area contributed by atoms with E-state index in [1.54, 1.807) is 0 Å². The molecule has 0 radical (unpaired) electrons. The van der Waals surface area contributed by atoms with Crippen molar-refractivity contribution < 1.29 is 14.1 Å². The molecule has 0 saturated heterocycles. The Kier molecular flexibility index (Phi) is 2.74. The van der Waals surface area contributed by atoms with E-state index < -0.39 is 10.7 Å². The molecule has 17 heavy (non-hydrogen) atoms. The van der Waals surface area contributed by atoms with Crippen molar-refractivity contribution in [3.63, 3.8) is 0 Å². The number of ether oxygens (including phenoxy) is 1. The maximum atomic E-state index is 13.7. The lowest BCUT2D eigenvalue weighted by atomic mass is 9.94. The summed E-state index contributed by atoms with van der Waals surface area (Å²) in [4.78, 5) is 10.1. The lowest BCUT2D eigenvalue weighted by molar-refractivity contribution is -0.385. The summed E-state index contributed by atoms with van der Waals surface area (Å²) >= 11 is 0. The van der Waals surface area contributed by atoms with Crippen LogP contribution in [-0.2, 0) is 5.41 Å². The lowest BCUT2D eigenvalue weighted by Gasteiger charge is -2.17. The fraction of sp³-hybridized carbons (Fsp3) is 0.455.